The van der Waals surface area contributed by atoms with Crippen molar-refractivity contribution in [1.29, 1.82) is 0 Å². The van der Waals surface area contributed by atoms with Crippen LogP contribution < -0.4 is 10.6 Å². The molecule has 27 heteroatoms. The van der Waals surface area contributed by atoms with Gasteiger partial charge in [-0.1, -0.05) is 53.4 Å². The SMILES string of the molecule is CC(C)(C)OC(=O)N1CC2CC(CC(=O)[C@@H]3CC[C@@H]4CN3C(=O)N4OS(=O)(=O)O)CC(C1)N2C(=O)OC(C)(C)C.CCCC[N+](CCCC)(CCCC)CCCC.O=C(CC1CC2CNCC(C1)N2)[C@@H]1CC[C@@H]2CN1C(=O)N2OS(=O)(=O)O. The zero-order valence-corrected chi connectivity index (χ0v) is 52.8. The van der Waals surface area contributed by atoms with Gasteiger partial charge >= 0.3 is 45.0 Å². The fourth-order valence-corrected chi connectivity index (χ4v) is 14.4. The lowest BCUT2D eigenvalue weighted by Crippen LogP contribution is -2.65. The third kappa shape index (κ3) is 19.5. The first kappa shape index (κ1) is 68.2. The van der Waals surface area contributed by atoms with E-state index < -0.39 is 80.4 Å². The van der Waals surface area contributed by atoms with Crippen LogP contribution in [0.5, 0.6) is 0 Å². The van der Waals surface area contributed by atoms with Crippen LogP contribution in [-0.2, 0) is 48.4 Å². The van der Waals surface area contributed by atoms with Crippen LogP contribution in [0.2, 0.25) is 0 Å². The number of nitrogens with one attached hydrogen (secondary N) is 2. The van der Waals surface area contributed by atoms with Gasteiger partial charge in [0.25, 0.3) is 0 Å². The number of ether oxygens (including phenoxy) is 2. The fourth-order valence-electron chi connectivity index (χ4n) is 13.6. The Bertz CT molecular complexity index is 2400. The van der Waals surface area contributed by atoms with Gasteiger partial charge < -0.3 is 39.3 Å². The smallest absolute Gasteiger partial charge is 0.418 e. The van der Waals surface area contributed by atoms with Crippen LogP contribution in [0, 0.1) is 11.8 Å². The molecule has 0 aliphatic carbocycles. The number of carbonyl (C=O) groups excluding carboxylic acids is 6. The number of hydrogen-bond acceptors (Lipinski definition) is 16. The predicted octanol–water partition coefficient (Wildman–Crippen LogP) is 6.88. The molecule has 476 valence electrons. The molecule has 0 spiro atoms. The van der Waals surface area contributed by atoms with E-state index in [1.54, 1.807) is 51.3 Å². The Morgan fingerprint density at radius 2 is 0.928 bits per heavy atom. The van der Waals surface area contributed by atoms with Crippen molar-refractivity contribution in [2.24, 2.45) is 11.8 Å². The van der Waals surface area contributed by atoms with Crippen molar-refractivity contribution in [3.8, 4) is 0 Å². The zero-order valence-electron chi connectivity index (χ0n) is 51.1. The normalized spacial score (nSPS) is 28.0. The molecule has 0 radical (unpaired) electrons. The summed E-state index contributed by atoms with van der Waals surface area (Å²) in [5.41, 5.74) is -1.37. The molecule has 0 aromatic rings. The Morgan fingerprint density at radius 1 is 0.554 bits per heavy atom. The number of amides is 6. The summed E-state index contributed by atoms with van der Waals surface area (Å²) in [7, 11) is -9.65. The molecule has 25 nitrogen and oxygen atoms in total. The highest BCUT2D eigenvalue weighted by Crippen LogP contribution is 2.39. The number of Topliss-reactive ketones (excluding diaryl/α,β-unsaturated/α-hetero) is 2. The van der Waals surface area contributed by atoms with Gasteiger partial charge in [0.15, 0.2) is 11.6 Å². The largest absolute Gasteiger partial charge is 0.444 e. The summed E-state index contributed by atoms with van der Waals surface area (Å²) in [6, 6.07) is -3.73. The van der Waals surface area contributed by atoms with Gasteiger partial charge in [-0.15, -0.1) is 8.57 Å². The Kier molecular flexibility index (Phi) is 23.9. The molecule has 83 heavy (non-hydrogen) atoms. The van der Waals surface area contributed by atoms with Crippen molar-refractivity contribution in [2.45, 2.75) is 244 Å². The summed E-state index contributed by atoms with van der Waals surface area (Å²) in [6.45, 7) is 28.4. The van der Waals surface area contributed by atoms with E-state index in [0.29, 0.717) is 73.1 Å². The number of likely N-dealkylation sites (tertiary alicyclic amines) is 1. The van der Waals surface area contributed by atoms with E-state index in [0.717, 1.165) is 25.9 Å². The van der Waals surface area contributed by atoms with Crippen molar-refractivity contribution >= 4 is 56.6 Å². The standard InChI is InChI=1S/C25H40N4O10S.C16H36N.C15H24N4O6S/c1-24(2,3)37-22(32)26-12-17-9-15(10-18(13-26)28(17)23(33)38-25(4,5)6)11-20(30)19-8-7-16-14-27(19)21(31)29(16)39-40(34,35)36;1-5-9-13-17(14-10-6-2,15-11-7-3)16-12-8-4;20-14(5-9-3-10-6-16-7-11(4-9)17-10)13-2-1-12-8-18(13)15(21)19(12)25-26(22,23)24/h15-19H,7-14H2,1-6H3,(H,34,35,36);5-16H2,1-4H3;9-13,16-17H,1-8H2,(H,22,23,24)/q;+1;/t15?,16-,17?,18?,19+;;9?,10?,11?,12-,13+/m1.1/s1. The van der Waals surface area contributed by atoms with Crippen LogP contribution in [0.15, 0.2) is 0 Å². The molecular weight excluding hydrogens is 1120 g/mol. The first-order valence-corrected chi connectivity index (χ1v) is 33.5. The van der Waals surface area contributed by atoms with Gasteiger partial charge in [0.1, 0.15) is 11.2 Å². The van der Waals surface area contributed by atoms with Gasteiger partial charge in [-0.05, 0) is 130 Å². The number of piperidine rings is 4. The molecular formula is C56H100N9O16S2+. The minimum absolute atomic E-state index is 0.0310. The molecule has 6 amide bonds. The zero-order chi connectivity index (χ0) is 61.2. The van der Waals surface area contributed by atoms with Crippen molar-refractivity contribution < 1.29 is 77.2 Å². The van der Waals surface area contributed by atoms with Crippen LogP contribution >= 0.6 is 0 Å². The van der Waals surface area contributed by atoms with Crippen LogP contribution in [0.3, 0.4) is 0 Å². The molecule has 8 bridgehead atoms. The van der Waals surface area contributed by atoms with E-state index in [2.05, 4.69) is 46.9 Å². The molecule has 0 aromatic carbocycles. The number of ketones is 2. The number of piperazine rings is 2. The number of fused-ring (bicyclic) bond motifs is 8. The summed E-state index contributed by atoms with van der Waals surface area (Å²) in [5, 5.41) is 8.25. The lowest BCUT2D eigenvalue weighted by atomic mass is 9.79. The third-order valence-corrected chi connectivity index (χ3v) is 18.0. The molecule has 8 fully saturated rings. The van der Waals surface area contributed by atoms with Gasteiger partial charge in [0, 0.05) is 64.2 Å². The molecule has 8 atom stereocenters. The van der Waals surface area contributed by atoms with Gasteiger partial charge in [-0.3, -0.25) is 23.6 Å². The van der Waals surface area contributed by atoms with E-state index in [4.69, 9.17) is 18.6 Å². The van der Waals surface area contributed by atoms with E-state index >= 15 is 0 Å². The number of unbranched alkanes of at least 4 members (excludes halogenated alkanes) is 4. The Morgan fingerprint density at radius 3 is 1.29 bits per heavy atom. The quantitative estimate of drug-likeness (QED) is 0.0635. The predicted molar refractivity (Wildman–Crippen MR) is 308 cm³/mol. The van der Waals surface area contributed by atoms with Crippen LogP contribution in [-0.4, -0.2) is 221 Å². The Hall–Kier alpha value is -3.96. The number of urea groups is 2. The van der Waals surface area contributed by atoms with Crippen molar-refractivity contribution in [3.63, 3.8) is 0 Å². The molecule has 8 aliphatic heterocycles. The third-order valence-electron chi connectivity index (χ3n) is 17.3. The molecule has 8 aliphatic rings. The number of hydrogen-bond donors (Lipinski definition) is 4. The van der Waals surface area contributed by atoms with Gasteiger partial charge in [-0.2, -0.15) is 27.0 Å². The van der Waals surface area contributed by atoms with Crippen LogP contribution in [0.1, 0.15) is 185 Å². The van der Waals surface area contributed by atoms with Crippen LogP contribution in [0.4, 0.5) is 19.2 Å². The second-order valence-corrected chi connectivity index (χ2v) is 28.5. The summed E-state index contributed by atoms with van der Waals surface area (Å²) >= 11 is 0. The molecule has 8 saturated heterocycles. The maximum Gasteiger partial charge on any atom is 0.418 e. The number of hydroxylamine groups is 4. The number of rotatable bonds is 22. The maximum atomic E-state index is 13.4. The first-order chi connectivity index (χ1) is 38.9. The topological polar surface area (TPSA) is 292 Å². The second kappa shape index (κ2) is 29.2. The van der Waals surface area contributed by atoms with Gasteiger partial charge in [0.05, 0.1) is 62.4 Å². The van der Waals surface area contributed by atoms with E-state index in [1.807, 2.05) is 0 Å². The van der Waals surface area contributed by atoms with E-state index in [1.165, 1.54) is 91.8 Å². The highest BCUT2D eigenvalue weighted by molar-refractivity contribution is 7.81. The van der Waals surface area contributed by atoms with Crippen molar-refractivity contribution in [1.82, 2.24) is 40.4 Å². The van der Waals surface area contributed by atoms with E-state index in [-0.39, 0.29) is 62.2 Å². The average molecular weight is 1220 g/mol. The lowest BCUT2D eigenvalue weighted by molar-refractivity contribution is -0.929. The Balaban J connectivity index is 0.000000220. The molecule has 8 heterocycles. The molecule has 8 rings (SSSR count). The average Bonchev–Trinajstić information content (AvgIpc) is 3.71. The molecule has 0 aromatic heterocycles. The van der Waals surface area contributed by atoms with Gasteiger partial charge in [0.2, 0.25) is 0 Å². The second-order valence-electron chi connectivity index (χ2n) is 26.5. The Labute approximate surface area is 493 Å². The lowest BCUT2D eigenvalue weighted by Gasteiger charge is -2.51. The number of quaternary nitrogens is 1. The summed E-state index contributed by atoms with van der Waals surface area (Å²) in [6.07, 6.45) is 15.2. The van der Waals surface area contributed by atoms with Crippen LogP contribution in [0.25, 0.3) is 0 Å². The summed E-state index contributed by atoms with van der Waals surface area (Å²) in [5.74, 6) is 0.0887. The molecule has 4 unspecified atom stereocenters. The molecule has 4 N–H and O–H groups in total. The minimum Gasteiger partial charge on any atom is -0.444 e. The highest BCUT2D eigenvalue weighted by Gasteiger charge is 2.53. The van der Waals surface area contributed by atoms with Crippen molar-refractivity contribution in [2.75, 3.05) is 65.4 Å². The summed E-state index contributed by atoms with van der Waals surface area (Å²) in [4.78, 5) is 83.4. The monoisotopic (exact) mass is 1220 g/mol. The first-order valence-electron chi connectivity index (χ1n) is 30.8. The fraction of sp³-hybridized carbons (Fsp3) is 0.893. The number of carbonyl (C=O) groups is 6. The molecule has 0 saturated carbocycles. The van der Waals surface area contributed by atoms with Crippen molar-refractivity contribution in [3.05, 3.63) is 0 Å². The van der Waals surface area contributed by atoms with E-state index in [9.17, 15) is 45.6 Å². The minimum atomic E-state index is -4.88. The summed E-state index contributed by atoms with van der Waals surface area (Å²) < 4.78 is 83.5. The number of nitrogens with zero attached hydrogens (tertiary/aromatic N) is 7. The van der Waals surface area contributed by atoms with Gasteiger partial charge in [-0.25, -0.2) is 19.2 Å². The maximum absolute atomic E-state index is 13.4. The highest BCUT2D eigenvalue weighted by atomic mass is 32.3.